The topological polar surface area (TPSA) is 84.0 Å². The van der Waals surface area contributed by atoms with Crippen molar-refractivity contribution in [3.63, 3.8) is 0 Å². The van der Waals surface area contributed by atoms with E-state index in [-0.39, 0.29) is 36.0 Å². The van der Waals surface area contributed by atoms with E-state index in [0.717, 1.165) is 49.6 Å². The normalized spacial score (nSPS) is 16.3. The van der Waals surface area contributed by atoms with E-state index in [0.29, 0.717) is 32.2 Å². The maximum atomic E-state index is 12.2. The van der Waals surface area contributed by atoms with Gasteiger partial charge in [0.15, 0.2) is 5.96 Å². The summed E-state index contributed by atoms with van der Waals surface area (Å²) < 4.78 is 11.1. The Labute approximate surface area is 197 Å². The summed E-state index contributed by atoms with van der Waals surface area (Å²) in [4.78, 5) is 16.8. The highest BCUT2D eigenvalue weighted by Gasteiger charge is 2.23. The standard InChI is InChI=1S/C22H36N4O3.HI/c1-4-23-22(24-11-14-28-13-10-17(2)3)25-16-18-7-5-8-19(15-18)26-21(27)20-9-6-12-29-20;/h5,7-8,15,17,20H,4,6,9-14,16H2,1-3H3,(H,26,27)(H2,23,24,25);1H. The highest BCUT2D eigenvalue weighted by molar-refractivity contribution is 14.0. The lowest BCUT2D eigenvalue weighted by atomic mass is 10.1. The Balaban J connectivity index is 0.00000450. The van der Waals surface area contributed by atoms with Crippen LogP contribution in [0.1, 0.15) is 45.6 Å². The smallest absolute Gasteiger partial charge is 0.253 e. The van der Waals surface area contributed by atoms with Crippen molar-refractivity contribution in [3.8, 4) is 0 Å². The molecular weight excluding hydrogens is 495 g/mol. The third-order valence-electron chi connectivity index (χ3n) is 4.56. The first-order chi connectivity index (χ1) is 14.1. The van der Waals surface area contributed by atoms with Crippen LogP contribution in [0.2, 0.25) is 0 Å². The molecule has 3 N–H and O–H groups in total. The fourth-order valence-corrected chi connectivity index (χ4v) is 2.93. The lowest BCUT2D eigenvalue weighted by Crippen LogP contribution is -2.39. The largest absolute Gasteiger partial charge is 0.380 e. The molecule has 30 heavy (non-hydrogen) atoms. The Bertz CT molecular complexity index is 649. The summed E-state index contributed by atoms with van der Waals surface area (Å²) in [6.45, 7) is 10.6. The van der Waals surface area contributed by atoms with E-state index >= 15 is 0 Å². The van der Waals surface area contributed by atoms with Crippen LogP contribution in [0.3, 0.4) is 0 Å². The second-order valence-corrected chi connectivity index (χ2v) is 7.61. The van der Waals surface area contributed by atoms with Crippen molar-refractivity contribution in [2.24, 2.45) is 10.9 Å². The van der Waals surface area contributed by atoms with E-state index in [9.17, 15) is 4.79 Å². The summed E-state index contributed by atoms with van der Waals surface area (Å²) >= 11 is 0. The average Bonchev–Trinajstić information content (AvgIpc) is 3.24. The molecule has 0 aliphatic carbocycles. The molecule has 1 aliphatic heterocycles. The third-order valence-corrected chi connectivity index (χ3v) is 4.56. The van der Waals surface area contributed by atoms with E-state index in [1.807, 2.05) is 31.2 Å². The van der Waals surface area contributed by atoms with E-state index in [4.69, 9.17) is 9.47 Å². The molecule has 0 radical (unpaired) electrons. The van der Waals surface area contributed by atoms with Crippen molar-refractivity contribution in [1.29, 1.82) is 0 Å². The van der Waals surface area contributed by atoms with Crippen LogP contribution in [0.15, 0.2) is 29.3 Å². The number of nitrogens with zero attached hydrogens (tertiary/aromatic N) is 1. The monoisotopic (exact) mass is 532 g/mol. The van der Waals surface area contributed by atoms with Gasteiger partial charge < -0.3 is 25.4 Å². The SMILES string of the molecule is CCNC(=NCc1cccc(NC(=O)C2CCCO2)c1)NCCOCCC(C)C.I. The number of carbonyl (C=O) groups excluding carboxylic acids is 1. The molecule has 0 spiro atoms. The van der Waals surface area contributed by atoms with Gasteiger partial charge in [0.2, 0.25) is 0 Å². The van der Waals surface area contributed by atoms with Gasteiger partial charge >= 0.3 is 0 Å². The number of ether oxygens (including phenoxy) is 2. The number of halogens is 1. The zero-order valence-corrected chi connectivity index (χ0v) is 20.7. The molecule has 2 rings (SSSR count). The molecule has 1 saturated heterocycles. The Kier molecular flexibility index (Phi) is 13.7. The number of amides is 1. The number of hydrogen-bond acceptors (Lipinski definition) is 4. The molecule has 0 saturated carbocycles. The van der Waals surface area contributed by atoms with E-state index < -0.39 is 0 Å². The quantitative estimate of drug-likeness (QED) is 0.176. The number of guanidine groups is 1. The predicted molar refractivity (Wildman–Crippen MR) is 133 cm³/mol. The van der Waals surface area contributed by atoms with Crippen LogP contribution < -0.4 is 16.0 Å². The fourth-order valence-electron chi connectivity index (χ4n) is 2.93. The summed E-state index contributed by atoms with van der Waals surface area (Å²) in [5.41, 5.74) is 1.80. The molecule has 1 heterocycles. The van der Waals surface area contributed by atoms with Crippen molar-refractivity contribution in [1.82, 2.24) is 10.6 Å². The molecule has 1 aromatic rings. The van der Waals surface area contributed by atoms with Gasteiger partial charge in [0.25, 0.3) is 5.91 Å². The van der Waals surface area contributed by atoms with E-state index in [1.54, 1.807) is 0 Å². The minimum absolute atomic E-state index is 0. The molecule has 1 aromatic carbocycles. The van der Waals surface area contributed by atoms with Crippen molar-refractivity contribution in [3.05, 3.63) is 29.8 Å². The molecule has 0 aromatic heterocycles. The minimum atomic E-state index is -0.330. The second kappa shape index (κ2) is 15.4. The number of anilines is 1. The highest BCUT2D eigenvalue weighted by Crippen LogP contribution is 2.16. The zero-order chi connectivity index (χ0) is 20.9. The van der Waals surface area contributed by atoms with Crippen molar-refractivity contribution < 1.29 is 14.3 Å². The molecular formula is C22H37IN4O3. The van der Waals surface area contributed by atoms with Gasteiger partial charge in [-0.05, 0) is 49.8 Å². The van der Waals surface area contributed by atoms with Gasteiger partial charge in [0, 0.05) is 32.0 Å². The van der Waals surface area contributed by atoms with Crippen molar-refractivity contribution in [2.45, 2.75) is 52.7 Å². The molecule has 1 amide bonds. The van der Waals surface area contributed by atoms with Crippen LogP contribution in [-0.4, -0.2) is 50.9 Å². The van der Waals surface area contributed by atoms with Crippen LogP contribution in [0, 0.1) is 5.92 Å². The lowest BCUT2D eigenvalue weighted by molar-refractivity contribution is -0.124. The van der Waals surface area contributed by atoms with E-state index in [2.05, 4.69) is 34.8 Å². The van der Waals surface area contributed by atoms with Crippen LogP contribution in [0.25, 0.3) is 0 Å². The molecule has 0 bridgehead atoms. The van der Waals surface area contributed by atoms with Crippen LogP contribution >= 0.6 is 24.0 Å². The molecule has 8 heteroatoms. The van der Waals surface area contributed by atoms with Gasteiger partial charge in [-0.15, -0.1) is 24.0 Å². The maximum Gasteiger partial charge on any atom is 0.253 e. The Hall–Kier alpha value is -1.39. The summed E-state index contributed by atoms with van der Waals surface area (Å²) in [7, 11) is 0. The minimum Gasteiger partial charge on any atom is -0.380 e. The van der Waals surface area contributed by atoms with Crippen molar-refractivity contribution in [2.75, 3.05) is 38.2 Å². The first kappa shape index (κ1) is 26.6. The Morgan fingerprint density at radius 1 is 1.30 bits per heavy atom. The van der Waals surface area contributed by atoms with Gasteiger partial charge in [-0.3, -0.25) is 4.79 Å². The molecule has 1 fully saturated rings. The average molecular weight is 532 g/mol. The highest BCUT2D eigenvalue weighted by atomic mass is 127. The number of hydrogen-bond donors (Lipinski definition) is 3. The number of benzene rings is 1. The molecule has 1 aliphatic rings. The van der Waals surface area contributed by atoms with Gasteiger partial charge in [0.1, 0.15) is 6.10 Å². The van der Waals surface area contributed by atoms with Gasteiger partial charge in [0.05, 0.1) is 13.2 Å². The maximum absolute atomic E-state index is 12.2. The zero-order valence-electron chi connectivity index (χ0n) is 18.4. The lowest BCUT2D eigenvalue weighted by Gasteiger charge is -2.13. The Morgan fingerprint density at radius 2 is 2.13 bits per heavy atom. The summed E-state index contributed by atoms with van der Waals surface area (Å²) in [5.74, 6) is 1.34. The number of rotatable bonds is 11. The number of aliphatic imine (C=N–C) groups is 1. The van der Waals surface area contributed by atoms with Crippen molar-refractivity contribution >= 4 is 41.5 Å². The molecule has 1 atom stereocenters. The molecule has 170 valence electrons. The third kappa shape index (κ3) is 10.6. The van der Waals surface area contributed by atoms with Crippen LogP contribution in [0.4, 0.5) is 5.69 Å². The predicted octanol–water partition coefficient (Wildman–Crippen LogP) is 3.54. The molecule has 7 nitrogen and oxygen atoms in total. The number of carbonyl (C=O) groups is 1. The Morgan fingerprint density at radius 3 is 2.83 bits per heavy atom. The summed E-state index contributed by atoms with van der Waals surface area (Å²) in [6, 6.07) is 7.77. The van der Waals surface area contributed by atoms with Gasteiger partial charge in [-0.25, -0.2) is 4.99 Å². The molecule has 1 unspecified atom stereocenters. The first-order valence-electron chi connectivity index (χ1n) is 10.7. The van der Waals surface area contributed by atoms with Gasteiger partial charge in [-0.1, -0.05) is 26.0 Å². The van der Waals surface area contributed by atoms with Crippen LogP contribution in [-0.2, 0) is 20.8 Å². The van der Waals surface area contributed by atoms with Gasteiger partial charge in [-0.2, -0.15) is 0 Å². The second-order valence-electron chi connectivity index (χ2n) is 7.61. The fraction of sp³-hybridized carbons (Fsp3) is 0.636. The number of nitrogens with one attached hydrogen (secondary N) is 3. The van der Waals surface area contributed by atoms with Crippen LogP contribution in [0.5, 0.6) is 0 Å². The first-order valence-corrected chi connectivity index (χ1v) is 10.7. The van der Waals surface area contributed by atoms with E-state index in [1.165, 1.54) is 0 Å². The summed E-state index contributed by atoms with van der Waals surface area (Å²) in [5, 5.41) is 9.47. The summed E-state index contributed by atoms with van der Waals surface area (Å²) in [6.07, 6.45) is 2.47.